The Morgan fingerprint density at radius 3 is 2.70 bits per heavy atom. The first-order valence-electron chi connectivity index (χ1n) is 6.82. The van der Waals surface area contributed by atoms with E-state index in [-0.39, 0.29) is 24.0 Å². The third-order valence-corrected chi connectivity index (χ3v) is 2.61. The van der Waals surface area contributed by atoms with E-state index in [1.165, 1.54) is 0 Å². The molecule has 114 valence electrons. The second-order valence-corrected chi connectivity index (χ2v) is 5.01. The molecule has 0 saturated heterocycles. The molecule has 0 atom stereocenters. The minimum Gasteiger partial charge on any atom is -0.493 e. The van der Waals surface area contributed by atoms with Gasteiger partial charge in [0.05, 0.1) is 6.61 Å². The van der Waals surface area contributed by atoms with Crippen molar-refractivity contribution in [3.05, 3.63) is 29.8 Å². The largest absolute Gasteiger partial charge is 0.493 e. The number of halogens is 1. The van der Waals surface area contributed by atoms with Gasteiger partial charge in [0.1, 0.15) is 5.75 Å². The zero-order valence-corrected chi connectivity index (χ0v) is 14.9. The lowest BCUT2D eigenvalue weighted by Gasteiger charge is -2.09. The highest BCUT2D eigenvalue weighted by molar-refractivity contribution is 14.0. The normalized spacial score (nSPS) is 11.1. The summed E-state index contributed by atoms with van der Waals surface area (Å²) < 4.78 is 5.70. The summed E-state index contributed by atoms with van der Waals surface area (Å²) in [5.41, 5.74) is 6.90. The standard InChI is InChI=1S/C15H25N3O.HI/c1-12(2)11-18-15(16)17-9-6-10-19-14-8-5-4-7-13(14)3;/h4-5,7-8,12H,6,9-11H2,1-3H3,(H3,16,17,18);1H. The molecule has 0 heterocycles. The fourth-order valence-corrected chi connectivity index (χ4v) is 1.53. The maximum Gasteiger partial charge on any atom is 0.188 e. The van der Waals surface area contributed by atoms with Gasteiger partial charge in [-0.05, 0) is 30.9 Å². The molecule has 4 nitrogen and oxygen atoms in total. The molecule has 0 aliphatic rings. The number of guanidine groups is 1. The molecule has 1 aromatic rings. The quantitative estimate of drug-likeness (QED) is 0.325. The fraction of sp³-hybridized carbons (Fsp3) is 0.533. The number of para-hydroxylation sites is 1. The number of nitrogens with zero attached hydrogens (tertiary/aromatic N) is 1. The van der Waals surface area contributed by atoms with E-state index in [0.29, 0.717) is 18.5 Å². The predicted octanol–water partition coefficient (Wildman–Crippen LogP) is 2.94. The van der Waals surface area contributed by atoms with Crippen LogP contribution in [0.1, 0.15) is 25.8 Å². The van der Waals surface area contributed by atoms with E-state index in [4.69, 9.17) is 10.5 Å². The van der Waals surface area contributed by atoms with Crippen molar-refractivity contribution in [3.8, 4) is 5.75 Å². The molecule has 0 aromatic heterocycles. The van der Waals surface area contributed by atoms with Crippen LogP contribution in [-0.4, -0.2) is 25.7 Å². The third-order valence-electron chi connectivity index (χ3n) is 2.61. The average Bonchev–Trinajstić information content (AvgIpc) is 2.38. The number of nitrogens with two attached hydrogens (primary N) is 1. The number of aryl methyl sites for hydroxylation is 1. The van der Waals surface area contributed by atoms with Crippen LogP contribution in [0.5, 0.6) is 5.75 Å². The molecule has 0 amide bonds. The van der Waals surface area contributed by atoms with Crippen molar-refractivity contribution >= 4 is 29.9 Å². The molecular weight excluding hydrogens is 365 g/mol. The molecule has 0 spiro atoms. The van der Waals surface area contributed by atoms with Crippen LogP contribution in [0.3, 0.4) is 0 Å². The van der Waals surface area contributed by atoms with E-state index >= 15 is 0 Å². The molecule has 1 aromatic carbocycles. The van der Waals surface area contributed by atoms with Crippen LogP contribution in [-0.2, 0) is 0 Å². The molecule has 0 saturated carbocycles. The Hall–Kier alpha value is -0.980. The Morgan fingerprint density at radius 1 is 1.35 bits per heavy atom. The van der Waals surface area contributed by atoms with Crippen LogP contribution in [0.2, 0.25) is 0 Å². The molecule has 0 aliphatic carbocycles. The first-order chi connectivity index (χ1) is 9.09. The lowest BCUT2D eigenvalue weighted by Crippen LogP contribution is -2.33. The van der Waals surface area contributed by atoms with Crippen LogP contribution in [0.4, 0.5) is 0 Å². The summed E-state index contributed by atoms with van der Waals surface area (Å²) in [5.74, 6) is 2.00. The molecule has 1 rings (SSSR count). The number of rotatable bonds is 7. The van der Waals surface area contributed by atoms with E-state index in [1.807, 2.05) is 31.2 Å². The van der Waals surface area contributed by atoms with E-state index < -0.39 is 0 Å². The van der Waals surface area contributed by atoms with Crippen molar-refractivity contribution < 1.29 is 4.74 Å². The molecular formula is C15H26IN3O. The summed E-state index contributed by atoms with van der Waals surface area (Å²) in [6.07, 6.45) is 0.895. The molecule has 5 heteroatoms. The SMILES string of the molecule is Cc1ccccc1OCCCNC(N)=NCC(C)C.I. The summed E-state index contributed by atoms with van der Waals surface area (Å²) >= 11 is 0. The minimum atomic E-state index is 0. The third kappa shape index (κ3) is 8.24. The number of hydrogen-bond donors (Lipinski definition) is 2. The van der Waals surface area contributed by atoms with Gasteiger partial charge in [0.2, 0.25) is 0 Å². The smallest absolute Gasteiger partial charge is 0.188 e. The molecule has 0 fully saturated rings. The number of ether oxygens (including phenoxy) is 1. The van der Waals surface area contributed by atoms with Gasteiger partial charge in [0.15, 0.2) is 5.96 Å². The summed E-state index contributed by atoms with van der Waals surface area (Å²) in [7, 11) is 0. The van der Waals surface area contributed by atoms with Crippen molar-refractivity contribution in [1.29, 1.82) is 0 Å². The molecule has 20 heavy (non-hydrogen) atoms. The van der Waals surface area contributed by atoms with Gasteiger partial charge in [-0.15, -0.1) is 24.0 Å². The Morgan fingerprint density at radius 2 is 2.05 bits per heavy atom. The van der Waals surface area contributed by atoms with Crippen molar-refractivity contribution in [1.82, 2.24) is 5.32 Å². The zero-order valence-electron chi connectivity index (χ0n) is 12.6. The first kappa shape index (κ1) is 19.0. The molecule has 0 aliphatic heterocycles. The van der Waals surface area contributed by atoms with Gasteiger partial charge in [-0.3, -0.25) is 4.99 Å². The van der Waals surface area contributed by atoms with Gasteiger partial charge >= 0.3 is 0 Å². The van der Waals surface area contributed by atoms with E-state index in [0.717, 1.165) is 30.8 Å². The lowest BCUT2D eigenvalue weighted by molar-refractivity contribution is 0.309. The van der Waals surface area contributed by atoms with Crippen molar-refractivity contribution in [2.24, 2.45) is 16.6 Å². The lowest BCUT2D eigenvalue weighted by atomic mass is 10.2. The molecule has 0 unspecified atom stereocenters. The number of aliphatic imine (C=N–C) groups is 1. The van der Waals surface area contributed by atoms with Gasteiger partial charge in [-0.1, -0.05) is 32.0 Å². The van der Waals surface area contributed by atoms with Crippen LogP contribution in [0, 0.1) is 12.8 Å². The van der Waals surface area contributed by atoms with Crippen molar-refractivity contribution in [3.63, 3.8) is 0 Å². The molecule has 0 radical (unpaired) electrons. The molecule has 3 N–H and O–H groups in total. The Bertz CT molecular complexity index is 408. The number of nitrogens with one attached hydrogen (secondary N) is 1. The zero-order chi connectivity index (χ0) is 14.1. The first-order valence-corrected chi connectivity index (χ1v) is 6.82. The highest BCUT2D eigenvalue weighted by Gasteiger charge is 1.98. The second kappa shape index (κ2) is 10.8. The topological polar surface area (TPSA) is 59.6 Å². The minimum absolute atomic E-state index is 0. The maximum atomic E-state index is 5.74. The summed E-state index contributed by atoms with van der Waals surface area (Å²) in [6, 6.07) is 8.03. The van der Waals surface area contributed by atoms with Crippen LogP contribution in [0.15, 0.2) is 29.3 Å². The second-order valence-electron chi connectivity index (χ2n) is 5.01. The number of hydrogen-bond acceptors (Lipinski definition) is 2. The van der Waals surface area contributed by atoms with E-state index in [9.17, 15) is 0 Å². The van der Waals surface area contributed by atoms with Crippen LogP contribution in [0.25, 0.3) is 0 Å². The van der Waals surface area contributed by atoms with Crippen molar-refractivity contribution in [2.45, 2.75) is 27.2 Å². The van der Waals surface area contributed by atoms with Gasteiger partial charge in [0, 0.05) is 13.1 Å². The van der Waals surface area contributed by atoms with Gasteiger partial charge < -0.3 is 15.8 Å². The van der Waals surface area contributed by atoms with E-state index in [2.05, 4.69) is 24.2 Å². The van der Waals surface area contributed by atoms with Gasteiger partial charge in [0.25, 0.3) is 0 Å². The predicted molar refractivity (Wildman–Crippen MR) is 96.0 cm³/mol. The van der Waals surface area contributed by atoms with Crippen molar-refractivity contribution in [2.75, 3.05) is 19.7 Å². The fourth-order valence-electron chi connectivity index (χ4n) is 1.53. The Balaban J connectivity index is 0.00000361. The number of benzene rings is 1. The van der Waals surface area contributed by atoms with Gasteiger partial charge in [-0.2, -0.15) is 0 Å². The summed E-state index contributed by atoms with van der Waals surface area (Å²) in [5, 5.41) is 3.09. The average molecular weight is 391 g/mol. The molecule has 0 bridgehead atoms. The van der Waals surface area contributed by atoms with Crippen LogP contribution < -0.4 is 15.8 Å². The highest BCUT2D eigenvalue weighted by atomic mass is 127. The van der Waals surface area contributed by atoms with E-state index in [1.54, 1.807) is 0 Å². The van der Waals surface area contributed by atoms with Crippen LogP contribution >= 0.6 is 24.0 Å². The van der Waals surface area contributed by atoms with Gasteiger partial charge in [-0.25, -0.2) is 0 Å². The summed E-state index contributed by atoms with van der Waals surface area (Å²) in [4.78, 5) is 4.24. The summed E-state index contributed by atoms with van der Waals surface area (Å²) in [6.45, 7) is 8.50. The highest BCUT2D eigenvalue weighted by Crippen LogP contribution is 2.15. The Kier molecular flexibility index (Phi) is 10.2. The Labute approximate surface area is 139 Å². The monoisotopic (exact) mass is 391 g/mol. The maximum absolute atomic E-state index is 5.74.